The van der Waals surface area contributed by atoms with E-state index in [-0.39, 0.29) is 5.97 Å². The molecule has 0 spiro atoms. The Labute approximate surface area is 117 Å². The summed E-state index contributed by atoms with van der Waals surface area (Å²) in [6.45, 7) is 7.73. The Hall–Kier alpha value is -0.610. The Morgan fingerprint density at radius 1 is 1.37 bits per heavy atom. The Bertz CT molecular complexity index is 259. The van der Waals surface area contributed by atoms with Crippen LogP contribution in [-0.4, -0.2) is 43.2 Å². The lowest BCUT2D eigenvalue weighted by Gasteiger charge is -2.38. The van der Waals surface area contributed by atoms with Crippen molar-refractivity contribution in [2.75, 3.05) is 26.2 Å². The molecule has 112 valence electrons. The molecule has 0 aromatic rings. The van der Waals surface area contributed by atoms with Crippen molar-refractivity contribution in [3.63, 3.8) is 0 Å². The lowest BCUT2D eigenvalue weighted by atomic mass is 9.92. The van der Waals surface area contributed by atoms with Gasteiger partial charge in [-0.2, -0.15) is 0 Å². The first-order valence-electron chi connectivity index (χ1n) is 7.77. The summed E-state index contributed by atoms with van der Waals surface area (Å²) in [5.41, 5.74) is 5.86. The van der Waals surface area contributed by atoms with Crippen molar-refractivity contribution in [1.29, 1.82) is 0 Å². The van der Waals surface area contributed by atoms with E-state index < -0.39 is 0 Å². The SMILES string of the molecule is CCOC(=O)CCCCCN1CCC(C)CC1CN. The maximum Gasteiger partial charge on any atom is 0.305 e. The summed E-state index contributed by atoms with van der Waals surface area (Å²) in [6, 6.07) is 0.564. The molecule has 1 aliphatic rings. The fraction of sp³-hybridized carbons (Fsp3) is 0.933. The van der Waals surface area contributed by atoms with E-state index in [9.17, 15) is 4.79 Å². The van der Waals surface area contributed by atoms with E-state index >= 15 is 0 Å². The van der Waals surface area contributed by atoms with Gasteiger partial charge in [0.25, 0.3) is 0 Å². The third-order valence-electron chi connectivity index (χ3n) is 4.00. The number of ether oxygens (including phenoxy) is 1. The number of piperidine rings is 1. The molecule has 0 bridgehead atoms. The molecule has 1 heterocycles. The topological polar surface area (TPSA) is 55.6 Å². The van der Waals surface area contributed by atoms with Crippen molar-refractivity contribution in [3.05, 3.63) is 0 Å². The molecular formula is C15H30N2O2. The highest BCUT2D eigenvalue weighted by atomic mass is 16.5. The lowest BCUT2D eigenvalue weighted by molar-refractivity contribution is -0.143. The number of carbonyl (C=O) groups is 1. The number of hydrogen-bond donors (Lipinski definition) is 1. The molecular weight excluding hydrogens is 240 g/mol. The highest BCUT2D eigenvalue weighted by Gasteiger charge is 2.24. The van der Waals surface area contributed by atoms with Gasteiger partial charge in [-0.3, -0.25) is 9.69 Å². The normalized spacial score (nSPS) is 24.4. The number of likely N-dealkylation sites (tertiary alicyclic amines) is 1. The third kappa shape index (κ3) is 6.39. The molecule has 0 radical (unpaired) electrons. The largest absolute Gasteiger partial charge is 0.466 e. The molecule has 4 heteroatoms. The van der Waals surface area contributed by atoms with Crippen LogP contribution in [-0.2, 0) is 9.53 Å². The van der Waals surface area contributed by atoms with E-state index in [4.69, 9.17) is 10.5 Å². The van der Waals surface area contributed by atoms with Crippen LogP contribution in [0.25, 0.3) is 0 Å². The van der Waals surface area contributed by atoms with E-state index in [0.717, 1.165) is 38.3 Å². The zero-order chi connectivity index (χ0) is 14.1. The number of nitrogens with two attached hydrogens (primary N) is 1. The highest BCUT2D eigenvalue weighted by Crippen LogP contribution is 2.22. The van der Waals surface area contributed by atoms with Crippen LogP contribution in [0.2, 0.25) is 0 Å². The van der Waals surface area contributed by atoms with E-state index in [1.807, 2.05) is 6.92 Å². The number of rotatable bonds is 8. The van der Waals surface area contributed by atoms with Crippen LogP contribution in [0.15, 0.2) is 0 Å². The maximum atomic E-state index is 11.2. The monoisotopic (exact) mass is 270 g/mol. The number of carbonyl (C=O) groups excluding carboxylic acids is 1. The summed E-state index contributed by atoms with van der Waals surface area (Å²) in [7, 11) is 0. The van der Waals surface area contributed by atoms with Gasteiger partial charge >= 0.3 is 5.97 Å². The summed E-state index contributed by atoms with van der Waals surface area (Å²) in [4.78, 5) is 13.7. The summed E-state index contributed by atoms with van der Waals surface area (Å²) in [6.07, 6.45) is 6.28. The average molecular weight is 270 g/mol. The number of unbranched alkanes of at least 4 members (excludes halogenated alkanes) is 2. The van der Waals surface area contributed by atoms with E-state index in [1.54, 1.807) is 0 Å². The van der Waals surface area contributed by atoms with Crippen LogP contribution in [0.4, 0.5) is 0 Å². The van der Waals surface area contributed by atoms with Gasteiger partial charge in [-0.15, -0.1) is 0 Å². The van der Waals surface area contributed by atoms with Gasteiger partial charge in [0, 0.05) is 19.0 Å². The van der Waals surface area contributed by atoms with Gasteiger partial charge in [0.05, 0.1) is 6.61 Å². The predicted molar refractivity (Wildman–Crippen MR) is 77.9 cm³/mol. The molecule has 2 N–H and O–H groups in total. The van der Waals surface area contributed by atoms with Gasteiger partial charge < -0.3 is 10.5 Å². The molecule has 0 aromatic heterocycles. The van der Waals surface area contributed by atoms with Crippen molar-refractivity contribution in [2.24, 2.45) is 11.7 Å². The van der Waals surface area contributed by atoms with E-state index in [2.05, 4.69) is 11.8 Å². The molecule has 1 saturated heterocycles. The Morgan fingerprint density at radius 2 is 2.16 bits per heavy atom. The summed E-state index contributed by atoms with van der Waals surface area (Å²) in [5.74, 6) is 0.753. The second-order valence-corrected chi connectivity index (χ2v) is 5.67. The molecule has 1 rings (SSSR count). The Morgan fingerprint density at radius 3 is 2.84 bits per heavy atom. The van der Waals surface area contributed by atoms with Crippen LogP contribution in [0.5, 0.6) is 0 Å². The van der Waals surface area contributed by atoms with E-state index in [0.29, 0.717) is 19.1 Å². The maximum absolute atomic E-state index is 11.2. The zero-order valence-corrected chi connectivity index (χ0v) is 12.6. The van der Waals surface area contributed by atoms with Gasteiger partial charge in [0.2, 0.25) is 0 Å². The molecule has 4 nitrogen and oxygen atoms in total. The highest BCUT2D eigenvalue weighted by molar-refractivity contribution is 5.69. The summed E-state index contributed by atoms with van der Waals surface area (Å²) in [5, 5.41) is 0. The fourth-order valence-corrected chi connectivity index (χ4v) is 2.83. The molecule has 0 aliphatic carbocycles. The molecule has 1 fully saturated rings. The fourth-order valence-electron chi connectivity index (χ4n) is 2.83. The smallest absolute Gasteiger partial charge is 0.305 e. The van der Waals surface area contributed by atoms with Crippen molar-refractivity contribution < 1.29 is 9.53 Å². The number of nitrogens with zero attached hydrogens (tertiary/aromatic N) is 1. The zero-order valence-electron chi connectivity index (χ0n) is 12.6. The van der Waals surface area contributed by atoms with Crippen LogP contribution in [0.1, 0.15) is 52.4 Å². The van der Waals surface area contributed by atoms with Gasteiger partial charge in [-0.25, -0.2) is 0 Å². The minimum absolute atomic E-state index is 0.0610. The van der Waals surface area contributed by atoms with Crippen molar-refractivity contribution in [2.45, 2.75) is 58.4 Å². The Kier molecular flexibility index (Phi) is 8.07. The molecule has 1 aliphatic heterocycles. The van der Waals surface area contributed by atoms with Crippen LogP contribution in [0, 0.1) is 5.92 Å². The average Bonchev–Trinajstić information content (AvgIpc) is 2.40. The second-order valence-electron chi connectivity index (χ2n) is 5.67. The van der Waals surface area contributed by atoms with Gasteiger partial charge in [0.1, 0.15) is 0 Å². The first-order chi connectivity index (χ1) is 9.17. The van der Waals surface area contributed by atoms with Gasteiger partial charge in [-0.1, -0.05) is 13.3 Å². The molecule has 0 saturated carbocycles. The molecule has 2 unspecified atom stereocenters. The molecule has 0 amide bonds. The summed E-state index contributed by atoms with van der Waals surface area (Å²) >= 11 is 0. The first-order valence-corrected chi connectivity index (χ1v) is 7.77. The third-order valence-corrected chi connectivity index (χ3v) is 4.00. The second kappa shape index (κ2) is 9.32. The van der Waals surface area contributed by atoms with Gasteiger partial charge in [-0.05, 0) is 51.6 Å². The summed E-state index contributed by atoms with van der Waals surface area (Å²) < 4.78 is 4.92. The van der Waals surface area contributed by atoms with Gasteiger partial charge in [0.15, 0.2) is 0 Å². The van der Waals surface area contributed by atoms with Crippen LogP contribution < -0.4 is 5.73 Å². The van der Waals surface area contributed by atoms with Crippen LogP contribution in [0.3, 0.4) is 0 Å². The lowest BCUT2D eigenvalue weighted by Crippen LogP contribution is -2.46. The van der Waals surface area contributed by atoms with E-state index in [1.165, 1.54) is 19.4 Å². The Balaban J connectivity index is 2.09. The molecule has 19 heavy (non-hydrogen) atoms. The first kappa shape index (κ1) is 16.4. The minimum Gasteiger partial charge on any atom is -0.466 e. The number of hydrogen-bond acceptors (Lipinski definition) is 4. The quantitative estimate of drug-likeness (QED) is 0.542. The van der Waals surface area contributed by atoms with Crippen LogP contribution >= 0.6 is 0 Å². The standard InChI is InChI=1S/C15H30N2O2/c1-3-19-15(18)7-5-4-6-9-17-10-8-13(2)11-14(17)12-16/h13-14H,3-12,16H2,1-2H3. The minimum atomic E-state index is -0.0610. The number of esters is 1. The molecule has 0 aromatic carbocycles. The predicted octanol–water partition coefficient (Wildman–Crippen LogP) is 2.17. The van der Waals surface area contributed by atoms with Crippen molar-refractivity contribution >= 4 is 5.97 Å². The molecule has 2 atom stereocenters. The van der Waals surface area contributed by atoms with Crippen molar-refractivity contribution in [1.82, 2.24) is 4.90 Å². The van der Waals surface area contributed by atoms with Crippen molar-refractivity contribution in [3.8, 4) is 0 Å².